The zero-order valence-corrected chi connectivity index (χ0v) is 15.8. The number of ketones is 1. The third-order valence-electron chi connectivity index (χ3n) is 4.32. The Bertz CT molecular complexity index is 1060. The Hall–Kier alpha value is -2.97. The van der Waals surface area contributed by atoms with E-state index in [1.54, 1.807) is 54.2 Å². The molecule has 8 heteroatoms. The molecule has 0 aliphatic rings. The molecule has 1 aromatic carbocycles. The van der Waals surface area contributed by atoms with E-state index in [4.69, 9.17) is 5.14 Å². The maximum atomic E-state index is 12.8. The van der Waals surface area contributed by atoms with Crippen molar-refractivity contribution in [1.29, 1.82) is 0 Å². The number of aromatic nitrogens is 2. The SMILES string of the molecule is Cc1ccc(C(=O)c2ccc(CN(c3cccnc3)S(N)(=O)=O)n2C)cc1. The summed E-state index contributed by atoms with van der Waals surface area (Å²) in [5, 5.41) is 5.38. The van der Waals surface area contributed by atoms with Crippen LogP contribution in [0.2, 0.25) is 0 Å². The zero-order chi connectivity index (χ0) is 19.6. The van der Waals surface area contributed by atoms with Gasteiger partial charge in [0.25, 0.3) is 10.2 Å². The molecule has 2 aromatic heterocycles. The number of carbonyl (C=O) groups excluding carboxylic acids is 1. The van der Waals surface area contributed by atoms with Crippen LogP contribution in [-0.2, 0) is 23.8 Å². The molecule has 2 heterocycles. The van der Waals surface area contributed by atoms with Gasteiger partial charge in [-0.2, -0.15) is 8.42 Å². The van der Waals surface area contributed by atoms with E-state index in [1.165, 1.54) is 6.20 Å². The predicted molar refractivity (Wildman–Crippen MR) is 104 cm³/mol. The van der Waals surface area contributed by atoms with Crippen molar-refractivity contribution in [3.63, 3.8) is 0 Å². The van der Waals surface area contributed by atoms with Gasteiger partial charge in [0.05, 0.1) is 24.1 Å². The lowest BCUT2D eigenvalue weighted by atomic mass is 10.1. The van der Waals surface area contributed by atoms with Gasteiger partial charge in [0, 0.05) is 24.5 Å². The van der Waals surface area contributed by atoms with Crippen LogP contribution in [0, 0.1) is 6.92 Å². The lowest BCUT2D eigenvalue weighted by Gasteiger charge is -2.22. The molecule has 0 saturated carbocycles. The maximum Gasteiger partial charge on any atom is 0.299 e. The average Bonchev–Trinajstić information content (AvgIpc) is 3.00. The average molecular weight is 384 g/mol. The van der Waals surface area contributed by atoms with Crippen molar-refractivity contribution >= 4 is 21.7 Å². The van der Waals surface area contributed by atoms with Gasteiger partial charge in [-0.25, -0.2) is 5.14 Å². The van der Waals surface area contributed by atoms with E-state index < -0.39 is 10.2 Å². The first-order valence-corrected chi connectivity index (χ1v) is 9.74. The zero-order valence-electron chi connectivity index (χ0n) is 15.0. The number of anilines is 1. The molecule has 0 fully saturated rings. The summed E-state index contributed by atoms with van der Waals surface area (Å²) in [6, 6.07) is 13.9. The highest BCUT2D eigenvalue weighted by atomic mass is 32.2. The lowest BCUT2D eigenvalue weighted by Crippen LogP contribution is -2.36. The molecular weight excluding hydrogens is 364 g/mol. The van der Waals surface area contributed by atoms with Crippen LogP contribution in [0.25, 0.3) is 0 Å². The third kappa shape index (κ3) is 4.07. The highest BCUT2D eigenvalue weighted by Gasteiger charge is 2.22. The van der Waals surface area contributed by atoms with E-state index in [1.807, 2.05) is 19.1 Å². The minimum absolute atomic E-state index is 0.0117. The Kier molecular flexibility index (Phi) is 5.11. The van der Waals surface area contributed by atoms with Crippen LogP contribution in [0.5, 0.6) is 0 Å². The monoisotopic (exact) mass is 384 g/mol. The minimum atomic E-state index is -4.01. The predicted octanol–water partition coefficient (Wildman–Crippen LogP) is 2.17. The number of pyridine rings is 1. The first-order chi connectivity index (χ1) is 12.8. The molecule has 140 valence electrons. The molecule has 3 rings (SSSR count). The summed E-state index contributed by atoms with van der Waals surface area (Å²) in [5.74, 6) is -0.132. The van der Waals surface area contributed by atoms with Gasteiger partial charge < -0.3 is 4.57 Å². The van der Waals surface area contributed by atoms with Crippen molar-refractivity contribution in [2.75, 3.05) is 4.31 Å². The molecule has 2 N–H and O–H groups in total. The number of nitrogens with zero attached hydrogens (tertiary/aromatic N) is 3. The lowest BCUT2D eigenvalue weighted by molar-refractivity contribution is 0.103. The van der Waals surface area contributed by atoms with Gasteiger partial charge in [0.1, 0.15) is 0 Å². The van der Waals surface area contributed by atoms with Crippen LogP contribution in [0.3, 0.4) is 0 Å². The number of benzene rings is 1. The number of hydrogen-bond acceptors (Lipinski definition) is 4. The van der Waals surface area contributed by atoms with E-state index >= 15 is 0 Å². The summed E-state index contributed by atoms with van der Waals surface area (Å²) >= 11 is 0. The van der Waals surface area contributed by atoms with Gasteiger partial charge >= 0.3 is 0 Å². The second-order valence-corrected chi connectivity index (χ2v) is 7.70. The summed E-state index contributed by atoms with van der Waals surface area (Å²) in [6.45, 7) is 1.94. The van der Waals surface area contributed by atoms with Gasteiger partial charge in [-0.3, -0.25) is 14.1 Å². The summed E-state index contributed by atoms with van der Waals surface area (Å²) in [6.07, 6.45) is 2.97. The molecule has 0 unspecified atom stereocenters. The Morgan fingerprint density at radius 3 is 2.44 bits per heavy atom. The second kappa shape index (κ2) is 7.34. The fourth-order valence-electron chi connectivity index (χ4n) is 2.77. The van der Waals surface area contributed by atoms with Crippen molar-refractivity contribution < 1.29 is 13.2 Å². The topological polar surface area (TPSA) is 98.3 Å². The van der Waals surface area contributed by atoms with Crippen LogP contribution >= 0.6 is 0 Å². The standard InChI is InChI=1S/C19H20N4O3S/c1-14-5-7-15(8-6-14)19(24)18-10-9-17(22(18)2)13-23(27(20,25)26)16-4-3-11-21-12-16/h3-12H,13H2,1-2H3,(H2,20,25,26). The van der Waals surface area contributed by atoms with Crippen LogP contribution in [0.1, 0.15) is 27.3 Å². The summed E-state index contributed by atoms with van der Waals surface area (Å²) in [7, 11) is -2.28. The van der Waals surface area contributed by atoms with Crippen molar-refractivity contribution in [3.05, 3.63) is 83.4 Å². The maximum absolute atomic E-state index is 12.8. The fourth-order valence-corrected chi connectivity index (χ4v) is 3.48. The summed E-state index contributed by atoms with van der Waals surface area (Å²) in [5.41, 5.74) is 3.09. The molecule has 0 bridgehead atoms. The number of nitrogens with two attached hydrogens (primary N) is 1. The van der Waals surface area contributed by atoms with Gasteiger partial charge in [-0.15, -0.1) is 0 Å². The van der Waals surface area contributed by atoms with Gasteiger partial charge in [0.15, 0.2) is 0 Å². The molecule has 0 saturated heterocycles. The number of carbonyl (C=O) groups is 1. The minimum Gasteiger partial charge on any atom is -0.343 e. The second-order valence-electron chi connectivity index (χ2n) is 6.23. The van der Waals surface area contributed by atoms with Crippen molar-refractivity contribution in [2.24, 2.45) is 12.2 Å². The van der Waals surface area contributed by atoms with Crippen LogP contribution < -0.4 is 9.44 Å². The van der Waals surface area contributed by atoms with Gasteiger partial charge in [-0.05, 0) is 31.2 Å². The van der Waals surface area contributed by atoms with Crippen LogP contribution in [0.15, 0.2) is 60.9 Å². The Morgan fingerprint density at radius 1 is 1.15 bits per heavy atom. The molecule has 0 atom stereocenters. The van der Waals surface area contributed by atoms with E-state index in [9.17, 15) is 13.2 Å². The Labute approximate surface area is 158 Å². The number of aryl methyl sites for hydroxylation is 1. The third-order valence-corrected chi connectivity index (χ3v) is 5.27. The quantitative estimate of drug-likeness (QED) is 0.659. The van der Waals surface area contributed by atoms with Crippen LogP contribution in [-0.4, -0.2) is 23.8 Å². The van der Waals surface area contributed by atoms with Crippen molar-refractivity contribution in [1.82, 2.24) is 9.55 Å². The van der Waals surface area contributed by atoms with Crippen molar-refractivity contribution in [2.45, 2.75) is 13.5 Å². The van der Waals surface area contributed by atoms with E-state index in [-0.39, 0.29) is 12.3 Å². The molecule has 7 nitrogen and oxygen atoms in total. The van der Waals surface area contributed by atoms with Gasteiger partial charge in [0.2, 0.25) is 5.78 Å². The molecule has 0 spiro atoms. The highest BCUT2D eigenvalue weighted by Crippen LogP contribution is 2.20. The molecule has 3 aromatic rings. The molecule has 0 aliphatic carbocycles. The first kappa shape index (κ1) is 18.8. The largest absolute Gasteiger partial charge is 0.343 e. The number of rotatable bonds is 6. The molecular formula is C19H20N4O3S. The molecule has 27 heavy (non-hydrogen) atoms. The van der Waals surface area contributed by atoms with Crippen molar-refractivity contribution in [3.8, 4) is 0 Å². The first-order valence-electron chi connectivity index (χ1n) is 8.24. The Morgan fingerprint density at radius 2 is 1.85 bits per heavy atom. The van der Waals surface area contributed by atoms with Gasteiger partial charge in [-0.1, -0.05) is 29.8 Å². The highest BCUT2D eigenvalue weighted by molar-refractivity contribution is 7.90. The van der Waals surface area contributed by atoms with E-state index in [0.717, 1.165) is 9.87 Å². The smallest absolute Gasteiger partial charge is 0.299 e. The van der Waals surface area contributed by atoms with Crippen LogP contribution in [0.4, 0.5) is 5.69 Å². The normalized spacial score (nSPS) is 11.4. The summed E-state index contributed by atoms with van der Waals surface area (Å²) < 4.78 is 26.8. The molecule has 0 amide bonds. The van der Waals surface area contributed by atoms with E-state index in [2.05, 4.69) is 4.98 Å². The fraction of sp³-hybridized carbons (Fsp3) is 0.158. The number of hydrogen-bond donors (Lipinski definition) is 1. The summed E-state index contributed by atoms with van der Waals surface area (Å²) in [4.78, 5) is 16.7. The Balaban J connectivity index is 1.92. The molecule has 0 radical (unpaired) electrons. The molecule has 0 aliphatic heterocycles. The van der Waals surface area contributed by atoms with E-state index in [0.29, 0.717) is 22.6 Å².